The SMILES string of the molecule is CCSP(CC(C)C)C(C)CC. The molecule has 2 unspecified atom stereocenters. The Morgan fingerprint density at radius 3 is 2.08 bits per heavy atom. The van der Waals surface area contributed by atoms with Crippen molar-refractivity contribution in [3.8, 4) is 0 Å². The third-order valence-corrected chi connectivity index (χ3v) is 8.25. The van der Waals surface area contributed by atoms with Crippen LogP contribution < -0.4 is 0 Å². The molecule has 0 radical (unpaired) electrons. The van der Waals surface area contributed by atoms with Gasteiger partial charge in [-0.05, 0) is 37.0 Å². The molecule has 0 rings (SSSR count). The Bertz CT molecular complexity index is 104. The highest BCUT2D eigenvalue weighted by Crippen LogP contribution is 2.55. The van der Waals surface area contributed by atoms with Crippen molar-refractivity contribution in [1.29, 1.82) is 0 Å². The van der Waals surface area contributed by atoms with E-state index >= 15 is 0 Å². The molecule has 0 aliphatic carbocycles. The number of hydrogen-bond acceptors (Lipinski definition) is 1. The topological polar surface area (TPSA) is 0 Å². The highest BCUT2D eigenvalue weighted by atomic mass is 32.7. The second kappa shape index (κ2) is 7.21. The Morgan fingerprint density at radius 1 is 1.17 bits per heavy atom. The van der Waals surface area contributed by atoms with E-state index in [2.05, 4.69) is 46.0 Å². The normalized spacial score (nSPS) is 16.5. The molecule has 0 aromatic rings. The lowest BCUT2D eigenvalue weighted by Crippen LogP contribution is -2.03. The molecule has 0 bridgehead atoms. The van der Waals surface area contributed by atoms with Gasteiger partial charge in [0.1, 0.15) is 0 Å². The molecule has 0 saturated heterocycles. The Kier molecular flexibility index (Phi) is 7.68. The zero-order valence-electron chi connectivity index (χ0n) is 9.13. The molecule has 0 aliphatic heterocycles. The first-order valence-corrected chi connectivity index (χ1v) is 8.20. The molecule has 0 aromatic carbocycles. The Morgan fingerprint density at radius 2 is 1.75 bits per heavy atom. The summed E-state index contributed by atoms with van der Waals surface area (Å²) in [6.45, 7) is 11.7. The fourth-order valence-electron chi connectivity index (χ4n) is 1.09. The maximum atomic E-state index is 2.41. The van der Waals surface area contributed by atoms with Gasteiger partial charge < -0.3 is 0 Å². The van der Waals surface area contributed by atoms with Gasteiger partial charge in [-0.25, -0.2) is 0 Å². The van der Waals surface area contributed by atoms with Crippen molar-refractivity contribution >= 4 is 18.5 Å². The van der Waals surface area contributed by atoms with Gasteiger partial charge in [-0.1, -0.05) is 34.6 Å². The minimum absolute atomic E-state index is 0.255. The number of rotatable bonds is 6. The monoisotopic (exact) mass is 206 g/mol. The largest absolute Gasteiger partial charge is 0.134 e. The van der Waals surface area contributed by atoms with E-state index in [4.69, 9.17) is 0 Å². The Hall–Kier alpha value is 0.780. The molecule has 2 atom stereocenters. The minimum atomic E-state index is 0.255. The standard InChI is InChI=1S/C10H23PS/c1-6-10(5)11(12-7-2)8-9(3)4/h9-10H,6-8H2,1-5H3. The van der Waals surface area contributed by atoms with E-state index in [0.717, 1.165) is 11.6 Å². The summed E-state index contributed by atoms with van der Waals surface area (Å²) in [4.78, 5) is 0. The van der Waals surface area contributed by atoms with Crippen LogP contribution in [0.15, 0.2) is 0 Å². The van der Waals surface area contributed by atoms with E-state index in [1.807, 2.05) is 0 Å². The fourth-order valence-corrected chi connectivity index (χ4v) is 6.68. The number of hydrogen-bond donors (Lipinski definition) is 0. The first kappa shape index (κ1) is 12.8. The highest BCUT2D eigenvalue weighted by Gasteiger charge is 2.15. The summed E-state index contributed by atoms with van der Waals surface area (Å²) in [7, 11) is 0.255. The summed E-state index contributed by atoms with van der Waals surface area (Å²) in [5, 5.41) is 0. The molecular weight excluding hydrogens is 183 g/mol. The van der Waals surface area contributed by atoms with E-state index in [9.17, 15) is 0 Å². The summed E-state index contributed by atoms with van der Waals surface area (Å²) in [5.74, 6) is 2.17. The smallest absolute Gasteiger partial charge is 0.00541 e. The summed E-state index contributed by atoms with van der Waals surface area (Å²) in [6, 6.07) is 0. The van der Waals surface area contributed by atoms with E-state index in [0.29, 0.717) is 0 Å². The summed E-state index contributed by atoms with van der Waals surface area (Å²) in [6.07, 6.45) is 2.80. The molecule has 0 spiro atoms. The lowest BCUT2D eigenvalue weighted by atomic mass is 10.3. The molecule has 0 aliphatic rings. The molecule has 12 heavy (non-hydrogen) atoms. The van der Waals surface area contributed by atoms with Crippen molar-refractivity contribution in [2.24, 2.45) is 5.92 Å². The lowest BCUT2D eigenvalue weighted by Gasteiger charge is -2.24. The molecule has 0 N–H and O–H groups in total. The first-order valence-electron chi connectivity index (χ1n) is 5.01. The van der Waals surface area contributed by atoms with Gasteiger partial charge in [0.2, 0.25) is 0 Å². The van der Waals surface area contributed by atoms with Crippen molar-refractivity contribution in [2.75, 3.05) is 11.9 Å². The summed E-state index contributed by atoms with van der Waals surface area (Å²) >= 11 is 2.20. The quantitative estimate of drug-likeness (QED) is 0.573. The van der Waals surface area contributed by atoms with Crippen LogP contribution in [0.4, 0.5) is 0 Å². The second-order valence-electron chi connectivity index (χ2n) is 3.67. The van der Waals surface area contributed by atoms with Crippen LogP contribution in [0.3, 0.4) is 0 Å². The molecule has 2 heteroatoms. The van der Waals surface area contributed by atoms with Gasteiger partial charge in [0, 0.05) is 0 Å². The maximum Gasteiger partial charge on any atom is -0.00541 e. The molecule has 0 amide bonds. The summed E-state index contributed by atoms with van der Waals surface area (Å²) in [5.41, 5.74) is 0.951. The van der Waals surface area contributed by atoms with Gasteiger partial charge in [0.05, 0.1) is 0 Å². The van der Waals surface area contributed by atoms with Crippen LogP contribution in [0.1, 0.15) is 41.0 Å². The molecule has 0 heterocycles. The highest BCUT2D eigenvalue weighted by molar-refractivity contribution is 8.55. The van der Waals surface area contributed by atoms with Crippen LogP contribution in [-0.4, -0.2) is 17.6 Å². The first-order chi connectivity index (χ1) is 5.61. The van der Waals surface area contributed by atoms with Crippen molar-refractivity contribution in [1.82, 2.24) is 0 Å². The van der Waals surface area contributed by atoms with Crippen LogP contribution in [-0.2, 0) is 0 Å². The zero-order valence-corrected chi connectivity index (χ0v) is 10.8. The molecular formula is C10H23PS. The van der Waals surface area contributed by atoms with E-state index in [1.54, 1.807) is 0 Å². The Labute approximate surface area is 83.4 Å². The second-order valence-corrected chi connectivity index (χ2v) is 8.77. The fraction of sp³-hybridized carbons (Fsp3) is 1.00. The van der Waals surface area contributed by atoms with Crippen LogP contribution in [0.25, 0.3) is 0 Å². The molecule has 0 nitrogen and oxygen atoms in total. The Balaban J connectivity index is 3.84. The lowest BCUT2D eigenvalue weighted by molar-refractivity contribution is 0.740. The maximum absolute atomic E-state index is 2.41. The zero-order chi connectivity index (χ0) is 9.56. The van der Waals surface area contributed by atoms with Crippen LogP contribution in [0.2, 0.25) is 0 Å². The summed E-state index contributed by atoms with van der Waals surface area (Å²) < 4.78 is 0. The van der Waals surface area contributed by atoms with Crippen molar-refractivity contribution in [3.63, 3.8) is 0 Å². The van der Waals surface area contributed by atoms with Gasteiger partial charge >= 0.3 is 0 Å². The van der Waals surface area contributed by atoms with Crippen molar-refractivity contribution in [3.05, 3.63) is 0 Å². The third-order valence-electron chi connectivity index (χ3n) is 1.92. The van der Waals surface area contributed by atoms with Crippen molar-refractivity contribution < 1.29 is 0 Å². The average Bonchev–Trinajstić information content (AvgIpc) is 2.01. The molecule has 0 aromatic heterocycles. The predicted molar refractivity (Wildman–Crippen MR) is 64.5 cm³/mol. The van der Waals surface area contributed by atoms with Crippen LogP contribution in [0, 0.1) is 5.92 Å². The van der Waals surface area contributed by atoms with E-state index in [1.165, 1.54) is 18.3 Å². The predicted octanol–water partition coefficient (Wildman–Crippen LogP) is 4.59. The molecule has 0 fully saturated rings. The van der Waals surface area contributed by atoms with E-state index in [-0.39, 0.29) is 7.12 Å². The van der Waals surface area contributed by atoms with E-state index < -0.39 is 0 Å². The molecule has 0 saturated carbocycles. The van der Waals surface area contributed by atoms with Gasteiger partial charge in [-0.3, -0.25) is 0 Å². The molecule has 74 valence electrons. The van der Waals surface area contributed by atoms with Gasteiger partial charge in [0.25, 0.3) is 0 Å². The van der Waals surface area contributed by atoms with Crippen LogP contribution in [0.5, 0.6) is 0 Å². The minimum Gasteiger partial charge on any atom is -0.134 e. The van der Waals surface area contributed by atoms with Gasteiger partial charge in [-0.15, -0.1) is 11.4 Å². The van der Waals surface area contributed by atoms with Gasteiger partial charge in [0.15, 0.2) is 0 Å². The third kappa shape index (κ3) is 5.43. The van der Waals surface area contributed by atoms with Crippen LogP contribution >= 0.6 is 18.5 Å². The van der Waals surface area contributed by atoms with Crippen molar-refractivity contribution in [2.45, 2.75) is 46.7 Å². The average molecular weight is 206 g/mol. The van der Waals surface area contributed by atoms with Gasteiger partial charge in [-0.2, -0.15) is 0 Å².